The van der Waals surface area contributed by atoms with Crippen molar-refractivity contribution >= 4 is 22.1 Å². The van der Waals surface area contributed by atoms with Crippen LogP contribution < -0.4 is 5.69 Å². The molecule has 5 aromatic rings. The lowest BCUT2D eigenvalue weighted by Crippen LogP contribution is -2.34. The topological polar surface area (TPSA) is 117 Å². The van der Waals surface area contributed by atoms with Crippen molar-refractivity contribution in [1.29, 1.82) is 5.26 Å². The van der Waals surface area contributed by atoms with E-state index >= 15 is 0 Å². The Labute approximate surface area is 206 Å². The molecule has 2 atom stereocenters. The first-order valence-electron chi connectivity index (χ1n) is 12.0. The third-order valence-corrected chi connectivity index (χ3v) is 6.92. The molecular weight excluding hydrogens is 458 g/mol. The van der Waals surface area contributed by atoms with Gasteiger partial charge in [0, 0.05) is 55.7 Å². The van der Waals surface area contributed by atoms with Crippen molar-refractivity contribution in [3.63, 3.8) is 0 Å². The lowest BCUT2D eigenvalue weighted by molar-refractivity contribution is -0.00709. The van der Waals surface area contributed by atoms with Gasteiger partial charge in [0.2, 0.25) is 0 Å². The van der Waals surface area contributed by atoms with Crippen molar-refractivity contribution in [1.82, 2.24) is 29.1 Å². The number of furan rings is 1. The fourth-order valence-electron chi connectivity index (χ4n) is 5.15. The Hall–Kier alpha value is -4.23. The van der Waals surface area contributed by atoms with E-state index in [1.165, 1.54) is 0 Å². The van der Waals surface area contributed by atoms with Gasteiger partial charge in [-0.05, 0) is 37.5 Å². The third kappa shape index (κ3) is 3.51. The van der Waals surface area contributed by atoms with Crippen LogP contribution in [0.1, 0.15) is 37.8 Å². The summed E-state index contributed by atoms with van der Waals surface area (Å²) in [5.41, 5.74) is 4.29. The molecule has 0 saturated carbocycles. The minimum Gasteiger partial charge on any atom is -0.452 e. The Morgan fingerprint density at radius 2 is 2.11 bits per heavy atom. The molecule has 4 aromatic heterocycles. The highest BCUT2D eigenvalue weighted by Crippen LogP contribution is 2.39. The van der Waals surface area contributed by atoms with E-state index in [1.807, 2.05) is 32.4 Å². The van der Waals surface area contributed by atoms with Crippen LogP contribution in [0.25, 0.3) is 44.6 Å². The number of fused-ring (bicyclic) bond motifs is 3. The molecule has 0 spiro atoms. The maximum atomic E-state index is 13.6. The molecule has 0 unspecified atom stereocenters. The van der Waals surface area contributed by atoms with Gasteiger partial charge in [-0.25, -0.2) is 4.79 Å². The summed E-state index contributed by atoms with van der Waals surface area (Å²) in [6.45, 7) is 2.67. The number of ether oxygens (including phenoxy) is 1. The van der Waals surface area contributed by atoms with Crippen LogP contribution in [-0.4, -0.2) is 41.8 Å². The first-order chi connectivity index (χ1) is 17.5. The summed E-state index contributed by atoms with van der Waals surface area (Å²) in [4.78, 5) is 18.1. The van der Waals surface area contributed by atoms with E-state index < -0.39 is 0 Å². The molecule has 0 aliphatic carbocycles. The van der Waals surface area contributed by atoms with Crippen molar-refractivity contribution < 1.29 is 9.15 Å². The summed E-state index contributed by atoms with van der Waals surface area (Å²) in [5, 5.41) is 19.4. The molecule has 6 rings (SSSR count). The van der Waals surface area contributed by atoms with Crippen LogP contribution >= 0.6 is 0 Å². The zero-order valence-corrected chi connectivity index (χ0v) is 20.3. The number of nitrogens with zero attached hydrogens (tertiary/aromatic N) is 7. The Morgan fingerprint density at radius 3 is 2.81 bits per heavy atom. The minimum atomic E-state index is -0.338. The van der Waals surface area contributed by atoms with Gasteiger partial charge in [-0.3, -0.25) is 13.9 Å². The van der Waals surface area contributed by atoms with Crippen molar-refractivity contribution in [3.05, 3.63) is 52.8 Å². The summed E-state index contributed by atoms with van der Waals surface area (Å²) >= 11 is 0. The van der Waals surface area contributed by atoms with Crippen molar-refractivity contribution in [2.75, 3.05) is 6.61 Å². The molecule has 1 aliphatic heterocycles. The van der Waals surface area contributed by atoms with Gasteiger partial charge in [0.25, 0.3) is 0 Å². The highest BCUT2D eigenvalue weighted by Gasteiger charge is 2.29. The quantitative estimate of drug-likeness (QED) is 0.380. The molecule has 10 heteroatoms. The van der Waals surface area contributed by atoms with E-state index in [0.717, 1.165) is 18.2 Å². The standard InChI is InChI=1S/C26H25N7O3/c1-4-18-10-17(6-8-35-18)33-24-20-11-19(21-5-7-31(2)30-21)15(12-27)9-22(20)36-25(24)23(29-26(33)34)16-13-28-32(3)14-16/h5,7,9,11,13-14,17-18H,4,6,8,10H2,1-3H3/t17-,18-/m0/s1. The van der Waals surface area contributed by atoms with E-state index in [9.17, 15) is 10.1 Å². The molecular formula is C26H25N7O3. The Balaban J connectivity index is 1.69. The van der Waals surface area contributed by atoms with Gasteiger partial charge >= 0.3 is 5.69 Å². The highest BCUT2D eigenvalue weighted by atomic mass is 16.5. The van der Waals surface area contributed by atoms with Crippen LogP contribution in [0.15, 0.2) is 46.0 Å². The molecule has 0 bridgehead atoms. The molecule has 0 radical (unpaired) electrons. The normalized spacial score (nSPS) is 18.2. The molecule has 0 amide bonds. The number of aromatic nitrogens is 6. The largest absolute Gasteiger partial charge is 0.452 e. The monoisotopic (exact) mass is 483 g/mol. The smallest absolute Gasteiger partial charge is 0.349 e. The third-order valence-electron chi connectivity index (χ3n) is 6.92. The van der Waals surface area contributed by atoms with E-state index in [-0.39, 0.29) is 17.8 Å². The van der Waals surface area contributed by atoms with E-state index in [0.29, 0.717) is 57.8 Å². The molecule has 0 N–H and O–H groups in total. The van der Waals surface area contributed by atoms with Crippen molar-refractivity contribution in [2.45, 2.75) is 38.3 Å². The second-order valence-electron chi connectivity index (χ2n) is 9.26. The summed E-state index contributed by atoms with van der Waals surface area (Å²) in [6.07, 6.45) is 7.68. The second-order valence-corrected chi connectivity index (χ2v) is 9.26. The van der Waals surface area contributed by atoms with E-state index in [2.05, 4.69) is 28.2 Å². The predicted octanol–water partition coefficient (Wildman–Crippen LogP) is 3.95. The van der Waals surface area contributed by atoms with Gasteiger partial charge in [0.05, 0.1) is 29.6 Å². The molecule has 10 nitrogen and oxygen atoms in total. The first-order valence-corrected chi connectivity index (χ1v) is 12.0. The minimum absolute atomic E-state index is 0.0797. The summed E-state index contributed by atoms with van der Waals surface area (Å²) in [7, 11) is 3.64. The van der Waals surface area contributed by atoms with Crippen molar-refractivity contribution in [3.8, 4) is 28.6 Å². The van der Waals surface area contributed by atoms with Crippen molar-refractivity contribution in [2.24, 2.45) is 14.1 Å². The average Bonchev–Trinajstić information content (AvgIpc) is 3.61. The van der Waals surface area contributed by atoms with Gasteiger partial charge in [-0.2, -0.15) is 20.4 Å². The first kappa shape index (κ1) is 22.2. The van der Waals surface area contributed by atoms with Gasteiger partial charge in [-0.1, -0.05) is 6.92 Å². The summed E-state index contributed by atoms with van der Waals surface area (Å²) in [5.74, 6) is 0. The Kier molecular flexibility index (Phi) is 5.23. The van der Waals surface area contributed by atoms with Crippen LogP contribution in [-0.2, 0) is 18.8 Å². The number of aryl methyl sites for hydroxylation is 2. The maximum absolute atomic E-state index is 13.6. The number of nitriles is 1. The number of hydrogen-bond donors (Lipinski definition) is 0. The predicted molar refractivity (Wildman–Crippen MR) is 133 cm³/mol. The summed E-state index contributed by atoms with van der Waals surface area (Å²) < 4.78 is 17.4. The van der Waals surface area contributed by atoms with Crippen LogP contribution in [0.2, 0.25) is 0 Å². The zero-order chi connectivity index (χ0) is 25.0. The van der Waals surface area contributed by atoms with E-state index in [4.69, 9.17) is 9.15 Å². The Morgan fingerprint density at radius 1 is 1.25 bits per heavy atom. The molecule has 182 valence electrons. The SMILES string of the molecule is CC[C@H]1C[C@@H](n2c(=O)nc(-c3cnn(C)c3)c3oc4cc(C#N)c(-c5ccn(C)n5)cc4c32)CCO1. The maximum Gasteiger partial charge on any atom is 0.349 e. The van der Waals surface area contributed by atoms with Crippen LogP contribution in [0.4, 0.5) is 0 Å². The number of hydrogen-bond acceptors (Lipinski definition) is 7. The summed E-state index contributed by atoms with van der Waals surface area (Å²) in [6, 6.07) is 7.68. The average molecular weight is 484 g/mol. The van der Waals surface area contributed by atoms with Crippen LogP contribution in [0.3, 0.4) is 0 Å². The molecule has 1 saturated heterocycles. The molecule has 1 fully saturated rings. The van der Waals surface area contributed by atoms with E-state index in [1.54, 1.807) is 32.4 Å². The van der Waals surface area contributed by atoms with Gasteiger partial charge in [-0.15, -0.1) is 0 Å². The van der Waals surface area contributed by atoms with Crippen LogP contribution in [0.5, 0.6) is 0 Å². The van der Waals surface area contributed by atoms with Crippen LogP contribution in [0, 0.1) is 11.3 Å². The zero-order valence-electron chi connectivity index (χ0n) is 20.3. The lowest BCUT2D eigenvalue weighted by Gasteiger charge is -2.30. The lowest BCUT2D eigenvalue weighted by atomic mass is 9.99. The molecule has 1 aliphatic rings. The number of benzene rings is 1. The number of rotatable bonds is 4. The second kappa shape index (κ2) is 8.46. The molecule has 1 aromatic carbocycles. The Bertz CT molecular complexity index is 1720. The fourth-order valence-corrected chi connectivity index (χ4v) is 5.15. The van der Waals surface area contributed by atoms with Gasteiger partial charge in [0.1, 0.15) is 16.8 Å². The fraction of sp³-hybridized carbons (Fsp3) is 0.346. The molecule has 36 heavy (non-hydrogen) atoms. The van der Waals surface area contributed by atoms with Gasteiger partial charge in [0.15, 0.2) is 5.58 Å². The van der Waals surface area contributed by atoms with Gasteiger partial charge < -0.3 is 9.15 Å². The highest BCUT2D eigenvalue weighted by molar-refractivity contribution is 6.08. The molecule has 5 heterocycles.